The van der Waals surface area contributed by atoms with E-state index in [-0.39, 0.29) is 22.4 Å². The van der Waals surface area contributed by atoms with E-state index >= 15 is 0 Å². The highest BCUT2D eigenvalue weighted by Gasteiger charge is 2.24. The quantitative estimate of drug-likeness (QED) is 0.891. The van der Waals surface area contributed by atoms with Gasteiger partial charge in [0, 0.05) is 11.6 Å². The highest BCUT2D eigenvalue weighted by Crippen LogP contribution is 2.29. The molecule has 1 aromatic rings. The summed E-state index contributed by atoms with van der Waals surface area (Å²) in [6.07, 6.45) is 3.93. The topological polar surface area (TPSA) is 66.4 Å². The maximum atomic E-state index is 12.1. The lowest BCUT2D eigenvalue weighted by Crippen LogP contribution is -2.26. The van der Waals surface area contributed by atoms with Gasteiger partial charge in [-0.05, 0) is 49.8 Å². The van der Waals surface area contributed by atoms with Crippen molar-refractivity contribution in [2.24, 2.45) is 11.8 Å². The summed E-state index contributed by atoms with van der Waals surface area (Å²) in [5.41, 5.74) is 0.483. The van der Waals surface area contributed by atoms with Crippen molar-refractivity contribution in [1.29, 1.82) is 0 Å². The SMILES string of the molecule is CC1CCC(C(=O)Nc2ccc(Cl)c(C(=O)O)c2)CC1. The molecule has 108 valence electrons. The van der Waals surface area contributed by atoms with E-state index in [2.05, 4.69) is 12.2 Å². The van der Waals surface area contributed by atoms with E-state index in [4.69, 9.17) is 16.7 Å². The van der Waals surface area contributed by atoms with Gasteiger partial charge in [-0.15, -0.1) is 0 Å². The minimum absolute atomic E-state index is 0.00160. The number of carboxylic acids is 1. The summed E-state index contributed by atoms with van der Waals surface area (Å²) < 4.78 is 0. The number of carbonyl (C=O) groups excluding carboxylic acids is 1. The molecule has 0 atom stereocenters. The summed E-state index contributed by atoms with van der Waals surface area (Å²) in [6, 6.07) is 4.51. The Bertz CT molecular complexity index is 522. The van der Waals surface area contributed by atoms with Crippen LogP contribution >= 0.6 is 11.6 Å². The number of hydrogen-bond acceptors (Lipinski definition) is 2. The number of carboxylic acid groups (broad SMARTS) is 1. The fourth-order valence-corrected chi connectivity index (χ4v) is 2.73. The maximum absolute atomic E-state index is 12.1. The van der Waals surface area contributed by atoms with Crippen molar-refractivity contribution in [3.63, 3.8) is 0 Å². The van der Waals surface area contributed by atoms with Crippen molar-refractivity contribution in [2.45, 2.75) is 32.6 Å². The number of rotatable bonds is 3. The number of aromatic carboxylic acids is 1. The summed E-state index contributed by atoms with van der Waals surface area (Å²) in [4.78, 5) is 23.1. The zero-order valence-corrected chi connectivity index (χ0v) is 12.1. The van der Waals surface area contributed by atoms with Crippen LogP contribution in [0, 0.1) is 11.8 Å². The molecule has 0 heterocycles. The second kappa shape index (κ2) is 6.27. The zero-order valence-electron chi connectivity index (χ0n) is 11.4. The molecule has 0 aromatic heterocycles. The van der Waals surface area contributed by atoms with Gasteiger partial charge in [0.2, 0.25) is 5.91 Å². The second-order valence-electron chi connectivity index (χ2n) is 5.45. The Labute approximate surface area is 123 Å². The van der Waals surface area contributed by atoms with E-state index in [9.17, 15) is 9.59 Å². The molecule has 20 heavy (non-hydrogen) atoms. The van der Waals surface area contributed by atoms with Crippen LogP contribution in [-0.4, -0.2) is 17.0 Å². The third-order valence-corrected chi connectivity index (χ3v) is 4.18. The highest BCUT2D eigenvalue weighted by molar-refractivity contribution is 6.33. The first-order valence-corrected chi connectivity index (χ1v) is 7.19. The normalized spacial score (nSPS) is 22.3. The van der Waals surface area contributed by atoms with Crippen molar-refractivity contribution >= 4 is 29.2 Å². The van der Waals surface area contributed by atoms with Gasteiger partial charge >= 0.3 is 5.97 Å². The number of hydrogen-bond donors (Lipinski definition) is 2. The van der Waals surface area contributed by atoms with Gasteiger partial charge in [0.1, 0.15) is 0 Å². The Morgan fingerprint density at radius 3 is 2.50 bits per heavy atom. The molecule has 2 N–H and O–H groups in total. The van der Waals surface area contributed by atoms with Crippen LogP contribution in [0.25, 0.3) is 0 Å². The minimum atomic E-state index is -1.10. The smallest absolute Gasteiger partial charge is 0.337 e. The molecule has 1 fully saturated rings. The van der Waals surface area contributed by atoms with Gasteiger partial charge in [-0.2, -0.15) is 0 Å². The number of amides is 1. The highest BCUT2D eigenvalue weighted by atomic mass is 35.5. The molecule has 1 aliphatic carbocycles. The Balaban J connectivity index is 2.04. The number of carbonyl (C=O) groups is 2. The minimum Gasteiger partial charge on any atom is -0.478 e. The maximum Gasteiger partial charge on any atom is 0.337 e. The van der Waals surface area contributed by atoms with Gasteiger partial charge in [0.05, 0.1) is 10.6 Å². The Morgan fingerprint density at radius 1 is 1.25 bits per heavy atom. The predicted molar refractivity (Wildman–Crippen MR) is 78.2 cm³/mol. The Morgan fingerprint density at radius 2 is 1.90 bits per heavy atom. The van der Waals surface area contributed by atoms with Crippen LogP contribution < -0.4 is 5.32 Å². The van der Waals surface area contributed by atoms with Crippen LogP contribution in [0.5, 0.6) is 0 Å². The number of anilines is 1. The third kappa shape index (κ3) is 3.51. The van der Waals surface area contributed by atoms with Crippen molar-refractivity contribution in [1.82, 2.24) is 0 Å². The largest absolute Gasteiger partial charge is 0.478 e. The van der Waals surface area contributed by atoms with Gasteiger partial charge in [0.15, 0.2) is 0 Å². The summed E-state index contributed by atoms with van der Waals surface area (Å²) in [7, 11) is 0. The summed E-state index contributed by atoms with van der Waals surface area (Å²) in [6.45, 7) is 2.20. The molecule has 1 aliphatic rings. The predicted octanol–water partition coefficient (Wildman–Crippen LogP) is 3.80. The molecule has 0 aliphatic heterocycles. The molecule has 2 rings (SSSR count). The molecule has 1 aromatic carbocycles. The van der Waals surface area contributed by atoms with Gasteiger partial charge in [0.25, 0.3) is 0 Å². The van der Waals surface area contributed by atoms with Crippen LogP contribution in [0.1, 0.15) is 43.0 Å². The average Bonchev–Trinajstić information content (AvgIpc) is 2.41. The molecule has 4 nitrogen and oxygen atoms in total. The van der Waals surface area contributed by atoms with Crippen LogP contribution in [0.3, 0.4) is 0 Å². The van der Waals surface area contributed by atoms with Gasteiger partial charge in [-0.25, -0.2) is 4.79 Å². The molecule has 0 radical (unpaired) electrons. The molecule has 0 unspecified atom stereocenters. The number of nitrogens with one attached hydrogen (secondary N) is 1. The van der Waals surface area contributed by atoms with Crippen LogP contribution in [0.2, 0.25) is 5.02 Å². The van der Waals surface area contributed by atoms with E-state index in [1.807, 2.05) is 0 Å². The molecule has 0 spiro atoms. The third-order valence-electron chi connectivity index (χ3n) is 3.85. The van der Waals surface area contributed by atoms with Gasteiger partial charge in [-0.1, -0.05) is 18.5 Å². The van der Waals surface area contributed by atoms with Crippen molar-refractivity contribution in [3.8, 4) is 0 Å². The average molecular weight is 296 g/mol. The second-order valence-corrected chi connectivity index (χ2v) is 5.85. The number of benzene rings is 1. The molecular weight excluding hydrogens is 278 g/mol. The van der Waals surface area contributed by atoms with Crippen LogP contribution in [-0.2, 0) is 4.79 Å². The fourth-order valence-electron chi connectivity index (χ4n) is 2.53. The molecular formula is C15H18ClNO3. The lowest BCUT2D eigenvalue weighted by atomic mass is 9.82. The van der Waals surface area contributed by atoms with Crippen molar-refractivity contribution < 1.29 is 14.7 Å². The lowest BCUT2D eigenvalue weighted by Gasteiger charge is -2.25. The Kier molecular flexibility index (Phi) is 4.65. The van der Waals surface area contributed by atoms with Crippen LogP contribution in [0.4, 0.5) is 5.69 Å². The standard InChI is InChI=1S/C15H18ClNO3/c1-9-2-4-10(5-3-9)14(18)17-11-6-7-13(16)12(8-11)15(19)20/h6-10H,2-5H2,1H3,(H,17,18)(H,19,20). The molecule has 0 saturated heterocycles. The van der Waals surface area contributed by atoms with Gasteiger partial charge < -0.3 is 10.4 Å². The Hall–Kier alpha value is -1.55. The zero-order chi connectivity index (χ0) is 14.7. The first-order chi connectivity index (χ1) is 9.47. The van der Waals surface area contributed by atoms with E-state index in [0.29, 0.717) is 11.6 Å². The monoisotopic (exact) mass is 295 g/mol. The van der Waals surface area contributed by atoms with E-state index in [1.165, 1.54) is 12.1 Å². The summed E-state index contributed by atoms with van der Waals surface area (Å²) >= 11 is 5.80. The molecule has 1 saturated carbocycles. The fraction of sp³-hybridized carbons (Fsp3) is 0.467. The first kappa shape index (κ1) is 14.9. The van der Waals surface area contributed by atoms with Gasteiger partial charge in [-0.3, -0.25) is 4.79 Å². The number of halogens is 1. The van der Waals surface area contributed by atoms with Crippen molar-refractivity contribution in [3.05, 3.63) is 28.8 Å². The first-order valence-electron chi connectivity index (χ1n) is 6.81. The lowest BCUT2D eigenvalue weighted by molar-refractivity contribution is -0.121. The van der Waals surface area contributed by atoms with Crippen molar-refractivity contribution in [2.75, 3.05) is 5.32 Å². The molecule has 0 bridgehead atoms. The van der Waals surface area contributed by atoms with Crippen LogP contribution in [0.15, 0.2) is 18.2 Å². The van der Waals surface area contributed by atoms with E-state index < -0.39 is 5.97 Å². The summed E-state index contributed by atoms with van der Waals surface area (Å²) in [5, 5.41) is 12.0. The summed E-state index contributed by atoms with van der Waals surface area (Å²) in [5.74, 6) is -0.420. The van der Waals surface area contributed by atoms with E-state index in [1.54, 1.807) is 6.07 Å². The molecule has 5 heteroatoms. The van der Waals surface area contributed by atoms with E-state index in [0.717, 1.165) is 25.7 Å². The molecule has 1 amide bonds.